The average molecular weight is 577 g/mol. The van der Waals surface area contributed by atoms with Crippen LogP contribution in [0.4, 0.5) is 0 Å². The van der Waals surface area contributed by atoms with Gasteiger partial charge in [0, 0.05) is 6.04 Å². The summed E-state index contributed by atoms with van der Waals surface area (Å²) in [6, 6.07) is -2.66. The lowest BCUT2D eigenvalue weighted by Gasteiger charge is -2.49. The summed E-state index contributed by atoms with van der Waals surface area (Å²) in [6.07, 6.45) is -3.96. The second-order valence-corrected chi connectivity index (χ2v) is 12.0. The van der Waals surface area contributed by atoms with Crippen molar-refractivity contribution in [3.05, 3.63) is 0 Å². The topological polar surface area (TPSA) is 211 Å². The summed E-state index contributed by atoms with van der Waals surface area (Å²) < 4.78 is 24.2. The molecule has 14 atom stereocenters. The highest BCUT2D eigenvalue weighted by molar-refractivity contribution is 5.81. The first-order chi connectivity index (χ1) is 18.8. The lowest BCUT2D eigenvalue weighted by Crippen LogP contribution is -2.68. The monoisotopic (exact) mass is 576 g/mol. The van der Waals surface area contributed by atoms with E-state index in [4.69, 9.17) is 30.4 Å². The molecule has 13 heteroatoms. The number of aliphatic hydroxyl groups is 4. The van der Waals surface area contributed by atoms with Crippen molar-refractivity contribution in [1.82, 2.24) is 10.6 Å². The largest absolute Gasteiger partial charge is 0.388 e. The average Bonchev–Trinajstić information content (AvgIpc) is 2.90. The molecule has 0 spiro atoms. The number of amides is 1. The van der Waals surface area contributed by atoms with Gasteiger partial charge in [0.25, 0.3) is 5.91 Å². The molecule has 234 valence electrons. The number of ether oxygens (including phenoxy) is 4. The molecule has 40 heavy (non-hydrogen) atoms. The van der Waals surface area contributed by atoms with E-state index in [1.807, 2.05) is 20.8 Å². The zero-order chi connectivity index (χ0) is 29.8. The molecule has 1 saturated carbocycles. The molecule has 0 bridgehead atoms. The molecule has 0 aromatic carbocycles. The van der Waals surface area contributed by atoms with Crippen molar-refractivity contribution in [2.45, 2.75) is 145 Å². The van der Waals surface area contributed by atoms with Gasteiger partial charge in [0.15, 0.2) is 12.6 Å². The van der Waals surface area contributed by atoms with E-state index in [9.17, 15) is 25.2 Å². The predicted molar refractivity (Wildman–Crippen MR) is 146 cm³/mol. The Morgan fingerprint density at radius 1 is 1.15 bits per heavy atom. The predicted octanol–water partition coefficient (Wildman–Crippen LogP) is -1.57. The third kappa shape index (κ3) is 7.70. The molecule has 1 amide bonds. The Hall–Kier alpha value is -0.970. The third-order valence-electron chi connectivity index (χ3n) is 8.56. The second kappa shape index (κ2) is 14.5. The lowest BCUT2D eigenvalue weighted by molar-refractivity contribution is -0.311. The van der Waals surface area contributed by atoms with Crippen molar-refractivity contribution < 1.29 is 44.2 Å². The highest BCUT2D eigenvalue weighted by atomic mass is 16.7. The van der Waals surface area contributed by atoms with Crippen LogP contribution in [0.3, 0.4) is 0 Å². The lowest BCUT2D eigenvalue weighted by atomic mass is 9.79. The van der Waals surface area contributed by atoms with Crippen LogP contribution in [0.1, 0.15) is 66.2 Å². The Bertz CT molecular complexity index is 808. The van der Waals surface area contributed by atoms with E-state index in [0.717, 1.165) is 19.3 Å². The molecule has 1 aliphatic carbocycles. The van der Waals surface area contributed by atoms with Crippen LogP contribution in [0.15, 0.2) is 0 Å². The van der Waals surface area contributed by atoms with E-state index in [-0.39, 0.29) is 24.7 Å². The number of rotatable bonds is 11. The van der Waals surface area contributed by atoms with Gasteiger partial charge in [0.2, 0.25) is 0 Å². The van der Waals surface area contributed by atoms with E-state index in [2.05, 4.69) is 10.6 Å². The van der Waals surface area contributed by atoms with Gasteiger partial charge in [-0.25, -0.2) is 0 Å². The Morgan fingerprint density at radius 2 is 1.82 bits per heavy atom. The van der Waals surface area contributed by atoms with Gasteiger partial charge in [0.1, 0.15) is 30.0 Å². The molecule has 3 rings (SSSR count). The van der Waals surface area contributed by atoms with Crippen molar-refractivity contribution in [2.75, 3.05) is 13.7 Å². The molecule has 10 N–H and O–H groups in total. The molecule has 2 saturated heterocycles. The Balaban J connectivity index is 1.82. The second-order valence-electron chi connectivity index (χ2n) is 12.0. The number of likely N-dealkylation sites (N-methyl/N-ethyl adjacent to an activating group) is 1. The van der Waals surface area contributed by atoms with Crippen molar-refractivity contribution in [1.29, 1.82) is 0 Å². The number of hydrogen-bond acceptors (Lipinski definition) is 12. The Labute approximate surface area is 237 Å². The van der Waals surface area contributed by atoms with Gasteiger partial charge < -0.3 is 61.5 Å². The van der Waals surface area contributed by atoms with E-state index in [0.29, 0.717) is 19.3 Å². The number of nitrogens with one attached hydrogen (secondary N) is 2. The van der Waals surface area contributed by atoms with Crippen molar-refractivity contribution in [3.8, 4) is 0 Å². The summed E-state index contributed by atoms with van der Waals surface area (Å²) in [5.74, 6) is -0.940. The zero-order valence-corrected chi connectivity index (χ0v) is 24.4. The fraction of sp³-hybridized carbons (Fsp3) is 0.963. The minimum Gasteiger partial charge on any atom is -0.388 e. The smallest absolute Gasteiger partial charge is 0.250 e. The third-order valence-corrected chi connectivity index (χ3v) is 8.56. The molecule has 0 aromatic heterocycles. The minimum absolute atomic E-state index is 0.00537. The molecule has 2 aliphatic heterocycles. The zero-order valence-electron chi connectivity index (χ0n) is 24.4. The molecule has 0 aromatic rings. The van der Waals surface area contributed by atoms with Crippen LogP contribution in [0.25, 0.3) is 0 Å². The van der Waals surface area contributed by atoms with E-state index < -0.39 is 72.7 Å². The Morgan fingerprint density at radius 3 is 2.45 bits per heavy atom. The SMILES string of the molecule is CCC[C@H](N)[C@H](O)C(=O)N[C@@H]1C[C@H](C)C(O[C@H]2O[C@H](CC)CCC2N)C(O)C1O[C@H]1OCC(C)(O)[C@H](NC)C1O. The van der Waals surface area contributed by atoms with E-state index in [1.54, 1.807) is 7.05 Å². The first-order valence-corrected chi connectivity index (χ1v) is 14.7. The molecular formula is C27H52N4O9. The van der Waals surface area contributed by atoms with Crippen LogP contribution in [-0.4, -0.2) is 119 Å². The first-order valence-electron chi connectivity index (χ1n) is 14.7. The van der Waals surface area contributed by atoms with Crippen LogP contribution in [0, 0.1) is 5.92 Å². The molecule has 3 fully saturated rings. The number of carbonyl (C=O) groups is 1. The maximum atomic E-state index is 13.0. The van der Waals surface area contributed by atoms with Gasteiger partial charge in [-0.05, 0) is 52.0 Å². The summed E-state index contributed by atoms with van der Waals surface area (Å²) >= 11 is 0. The standard InChI is InChI=1S/C27H52N4O9/c1-6-8-15(28)18(32)24(35)31-17-11-13(3)21(39-25-16(29)10-9-14(7-2)38-25)19(33)22(17)40-26-20(34)23(30-5)27(4,36)12-37-26/h13-23,25-26,30,32-34,36H,6-12,28-29H2,1-5H3,(H,31,35)/t13-,14+,15-,16?,17+,18-,19?,20?,21?,22?,23+,25+,26+,27?/m0/s1. The quantitative estimate of drug-likeness (QED) is 0.140. The van der Waals surface area contributed by atoms with E-state index in [1.165, 1.54) is 6.92 Å². The highest BCUT2D eigenvalue weighted by Crippen LogP contribution is 2.35. The van der Waals surface area contributed by atoms with Crippen LogP contribution in [0.5, 0.6) is 0 Å². The highest BCUT2D eigenvalue weighted by Gasteiger charge is 2.51. The summed E-state index contributed by atoms with van der Waals surface area (Å²) in [5.41, 5.74) is 10.9. The summed E-state index contributed by atoms with van der Waals surface area (Å²) in [4.78, 5) is 13.0. The van der Waals surface area contributed by atoms with E-state index >= 15 is 0 Å². The minimum atomic E-state index is -1.44. The van der Waals surface area contributed by atoms with Gasteiger partial charge in [-0.1, -0.05) is 27.2 Å². The number of nitrogens with two attached hydrogens (primary N) is 2. The first kappa shape index (κ1) is 33.5. The molecular weight excluding hydrogens is 524 g/mol. The van der Waals surface area contributed by atoms with Crippen LogP contribution in [0.2, 0.25) is 0 Å². The number of aliphatic hydroxyl groups excluding tert-OH is 3. The summed E-state index contributed by atoms with van der Waals surface area (Å²) in [7, 11) is 1.60. The van der Waals surface area contributed by atoms with Crippen molar-refractivity contribution in [2.24, 2.45) is 17.4 Å². The van der Waals surface area contributed by atoms with Gasteiger partial charge >= 0.3 is 0 Å². The maximum Gasteiger partial charge on any atom is 0.250 e. The van der Waals surface area contributed by atoms with Gasteiger partial charge in [0.05, 0.1) is 36.9 Å². The summed E-state index contributed by atoms with van der Waals surface area (Å²) in [5, 5.41) is 49.4. The van der Waals surface area contributed by atoms with Crippen LogP contribution >= 0.6 is 0 Å². The van der Waals surface area contributed by atoms with Crippen molar-refractivity contribution in [3.63, 3.8) is 0 Å². The fourth-order valence-corrected chi connectivity index (χ4v) is 6.10. The molecule has 2 heterocycles. The van der Waals surface area contributed by atoms with Crippen LogP contribution < -0.4 is 22.1 Å². The molecule has 0 radical (unpaired) electrons. The molecule has 3 aliphatic rings. The normalized spacial score (nSPS) is 44.1. The maximum absolute atomic E-state index is 13.0. The molecule has 13 nitrogen and oxygen atoms in total. The summed E-state index contributed by atoms with van der Waals surface area (Å²) in [6.45, 7) is 7.22. The van der Waals surface area contributed by atoms with Crippen LogP contribution in [-0.2, 0) is 23.7 Å². The Kier molecular flexibility index (Phi) is 12.1. The van der Waals surface area contributed by atoms with Crippen molar-refractivity contribution >= 4 is 5.91 Å². The van der Waals surface area contributed by atoms with Gasteiger partial charge in [-0.15, -0.1) is 0 Å². The van der Waals surface area contributed by atoms with Gasteiger partial charge in [-0.2, -0.15) is 0 Å². The van der Waals surface area contributed by atoms with Gasteiger partial charge in [-0.3, -0.25) is 4.79 Å². The molecule has 6 unspecified atom stereocenters. The number of hydrogen-bond donors (Lipinski definition) is 8. The number of carbonyl (C=O) groups excluding carboxylic acids is 1. The fourth-order valence-electron chi connectivity index (χ4n) is 6.10.